The minimum Gasteiger partial charge on any atom is -1.00 e. The molecule has 13 rings (SSSR count). The Morgan fingerprint density at radius 1 is 0.549 bits per heavy atom. The fourth-order valence-electron chi connectivity index (χ4n) is 11.0. The Hall–Kier alpha value is -5.65. The molecule has 21 heteroatoms. The summed E-state index contributed by atoms with van der Waals surface area (Å²) >= 11 is 0. The van der Waals surface area contributed by atoms with E-state index in [0.29, 0.717) is 93.1 Å². The summed E-state index contributed by atoms with van der Waals surface area (Å²) in [7, 11) is -3.74. The number of Topliss-reactive ketones (excluding diaryl/α,β-unsaturated/α-hetero) is 4. The van der Waals surface area contributed by atoms with E-state index in [9.17, 15) is 32.7 Å². The van der Waals surface area contributed by atoms with Gasteiger partial charge in [0.25, 0.3) is 16.6 Å². The molecule has 2 fully saturated rings. The van der Waals surface area contributed by atoms with Crippen LogP contribution in [0.25, 0.3) is 66.8 Å². The molecule has 9 aromatic rings. The Morgan fingerprint density at radius 3 is 1.36 bits per heavy atom. The standard InChI is InChI=1S/C30H26O6.C24H16O4.C13H18O5S.CH2O3.2CH4.2K.H/c1-16-6-5-7-22-21(16)12-13-23-25(22)27(32)26(31)24-17(2)28(35-29(23)24)18-8-10-19(11-9-18)33-14-20-15-34-30(3,4)36-20;1-12-4-3-5-17-16(12)10-11-18-20(17)22(27)21(26)19-13(2)23(28-24(18)19)14-6-8-15(25)9-7-14;1-10-4-6-12(7-5-10)19(14,15)17-9-11-8-16-13(2,3)18-11;2-1-4-3;;;;;/h5-13,20H,14-15H2,1-4H3;3-11,25H,1-2H3;4-7,11H,8-9H2,1-3H3;1,3H;2*1H4;;;/q;;;;;;2*+1;-1/p-1. The van der Waals surface area contributed by atoms with Crippen molar-refractivity contribution in [2.24, 2.45) is 0 Å². The number of ketones is 4. The van der Waals surface area contributed by atoms with Gasteiger partial charge in [-0.25, -0.2) is 0 Å². The van der Waals surface area contributed by atoms with Crippen molar-refractivity contribution in [3.8, 4) is 56.8 Å². The normalized spacial score (nSPS) is 16.2. The summed E-state index contributed by atoms with van der Waals surface area (Å²) in [6.07, 6.45) is -0.488. The van der Waals surface area contributed by atoms with Crippen molar-refractivity contribution in [2.75, 3.05) is 26.4 Å². The van der Waals surface area contributed by atoms with Gasteiger partial charge in [-0.1, -0.05) is 81.1 Å². The molecule has 0 radical (unpaired) electrons. The summed E-state index contributed by atoms with van der Waals surface area (Å²) in [4.78, 5) is 63.9. The first kappa shape index (κ1) is 74.4. The predicted molar refractivity (Wildman–Crippen MR) is 333 cm³/mol. The Bertz CT molecular complexity index is 4310. The number of rotatable bonds is 10. The van der Waals surface area contributed by atoms with Crippen LogP contribution in [-0.2, 0) is 42.9 Å². The second kappa shape index (κ2) is 30.6. The number of phenols is 1. The van der Waals surface area contributed by atoms with Crippen LogP contribution in [0.1, 0.15) is 113 Å². The van der Waals surface area contributed by atoms with Gasteiger partial charge >= 0.3 is 103 Å². The van der Waals surface area contributed by atoms with Crippen LogP contribution >= 0.6 is 0 Å². The number of benzene rings is 7. The maximum absolute atomic E-state index is 13.2. The van der Waals surface area contributed by atoms with Crippen molar-refractivity contribution in [1.29, 1.82) is 0 Å². The number of ether oxygens (including phenoxy) is 5. The summed E-state index contributed by atoms with van der Waals surface area (Å²) < 4.78 is 69.4. The Balaban J connectivity index is 0.000000246. The summed E-state index contributed by atoms with van der Waals surface area (Å²) in [5.41, 5.74) is 8.72. The summed E-state index contributed by atoms with van der Waals surface area (Å²) in [5, 5.41) is 21.4. The van der Waals surface area contributed by atoms with Crippen molar-refractivity contribution in [1.82, 2.24) is 0 Å². The SMILES string of the molecule is C.C.Cc1c(-c2ccc(O)cc2)oc2c1C(=O)C(=O)c1c-2ccc2c(C)cccc12.Cc1c(-c2ccc(OCC3COC(C)(C)O3)cc2)oc2c1C(=O)C(=O)c1c-2ccc2c(C)cccc12.Cc1ccc(S(=O)(=O)OCC2COC(C)(C)O2)cc1.O=CO[O-].[H-].[K+].[K+]. The van der Waals surface area contributed by atoms with Crippen molar-refractivity contribution >= 4 is 61.3 Å². The van der Waals surface area contributed by atoms with Gasteiger partial charge in [-0.3, -0.25) is 28.2 Å². The number of phenolic OH excluding ortho intramolecular Hbond substituents is 1. The number of fused-ring (bicyclic) bond motifs is 10. The average Bonchev–Trinajstić information content (AvgIpc) is 1.47. The Kier molecular flexibility index (Phi) is 25.0. The number of aryl methyl sites for hydroxylation is 3. The largest absolute Gasteiger partial charge is 1.00 e. The van der Waals surface area contributed by atoms with Crippen LogP contribution in [0.4, 0.5) is 0 Å². The zero-order valence-electron chi connectivity index (χ0n) is 52.1. The maximum atomic E-state index is 13.2. The first-order valence-corrected chi connectivity index (χ1v) is 29.2. The van der Waals surface area contributed by atoms with Gasteiger partial charge in [-0.2, -0.15) is 8.42 Å². The Morgan fingerprint density at radius 2 is 0.956 bits per heavy atom. The van der Waals surface area contributed by atoms with Gasteiger partial charge in [0.15, 0.2) is 11.6 Å². The third-order valence-corrected chi connectivity index (χ3v) is 16.5. The van der Waals surface area contributed by atoms with Crippen molar-refractivity contribution in [3.05, 3.63) is 184 Å². The summed E-state index contributed by atoms with van der Waals surface area (Å²) in [6.45, 7) is 17.8. The van der Waals surface area contributed by atoms with Gasteiger partial charge in [0.2, 0.25) is 23.1 Å². The number of aromatic hydroxyl groups is 1. The van der Waals surface area contributed by atoms with Crippen molar-refractivity contribution < 1.29 is 189 Å². The zero-order valence-corrected chi connectivity index (χ0v) is 58.1. The van der Waals surface area contributed by atoms with E-state index in [2.05, 4.69) is 4.89 Å². The molecule has 4 heterocycles. The molecular weight excluding hydrogens is 1240 g/mol. The second-order valence-electron chi connectivity index (χ2n) is 22.2. The van der Waals surface area contributed by atoms with Gasteiger partial charge in [0.1, 0.15) is 53.4 Å². The second-order valence-corrected chi connectivity index (χ2v) is 23.8. The van der Waals surface area contributed by atoms with Crippen LogP contribution < -0.4 is 113 Å². The van der Waals surface area contributed by atoms with E-state index in [1.54, 1.807) is 57.2 Å². The molecule has 2 aliphatic carbocycles. The van der Waals surface area contributed by atoms with E-state index >= 15 is 0 Å². The molecule has 2 aromatic heterocycles. The number of carbonyl (C=O) groups excluding carboxylic acids is 5. The van der Waals surface area contributed by atoms with Gasteiger partial charge in [-0.05, 0) is 168 Å². The average molecular weight is 1310 g/mol. The number of hydrogen-bond acceptors (Lipinski definition) is 18. The van der Waals surface area contributed by atoms with E-state index in [1.807, 2.05) is 126 Å². The minimum atomic E-state index is -3.74. The molecule has 2 unspecified atom stereocenters. The van der Waals surface area contributed by atoms with Gasteiger partial charge in [0, 0.05) is 44.5 Å². The molecule has 0 saturated carbocycles. The van der Waals surface area contributed by atoms with E-state index in [4.69, 9.17) is 46.8 Å². The number of furan rings is 2. The quantitative estimate of drug-likeness (QED) is 0.0348. The third-order valence-electron chi connectivity index (χ3n) is 15.2. The summed E-state index contributed by atoms with van der Waals surface area (Å²) in [6, 6.07) is 39.8. The van der Waals surface area contributed by atoms with Crippen molar-refractivity contribution in [3.63, 3.8) is 0 Å². The van der Waals surface area contributed by atoms with E-state index in [1.165, 1.54) is 12.1 Å². The molecule has 466 valence electrons. The fraction of sp³-hybridized carbons (Fsp3) is 0.271. The molecule has 7 aromatic carbocycles. The van der Waals surface area contributed by atoms with E-state index in [-0.39, 0.29) is 155 Å². The van der Waals surface area contributed by atoms with Crippen molar-refractivity contribution in [2.45, 2.75) is 106 Å². The van der Waals surface area contributed by atoms with Gasteiger partial charge in [0.05, 0.1) is 35.8 Å². The molecule has 2 atom stereocenters. The first-order valence-electron chi connectivity index (χ1n) is 27.8. The van der Waals surface area contributed by atoms with Gasteiger partial charge in [-0.15, -0.1) is 0 Å². The smallest absolute Gasteiger partial charge is 1.00 e. The van der Waals surface area contributed by atoms with Crippen LogP contribution in [0.2, 0.25) is 0 Å². The topological polar surface area (TPSA) is 254 Å². The molecule has 0 amide bonds. The fourth-order valence-corrected chi connectivity index (χ4v) is 11.9. The molecule has 18 nitrogen and oxygen atoms in total. The molecular formula is C70H70K2O18S. The van der Waals surface area contributed by atoms with Crippen LogP contribution in [0, 0.1) is 34.6 Å². The van der Waals surface area contributed by atoms with Crippen LogP contribution in [0.5, 0.6) is 11.5 Å². The molecule has 91 heavy (non-hydrogen) atoms. The maximum Gasteiger partial charge on any atom is 1.00 e. The molecule has 4 aliphatic rings. The summed E-state index contributed by atoms with van der Waals surface area (Å²) in [5.74, 6) is -0.496. The minimum absolute atomic E-state index is 0. The van der Waals surface area contributed by atoms with E-state index < -0.39 is 44.8 Å². The molecule has 1 N–H and O–H groups in total. The molecule has 2 saturated heterocycles. The first-order chi connectivity index (χ1) is 41.4. The zero-order chi connectivity index (χ0) is 62.3. The predicted octanol–water partition coefficient (Wildman–Crippen LogP) is 7.44. The molecule has 0 spiro atoms. The van der Waals surface area contributed by atoms with Crippen LogP contribution in [-0.4, -0.2) is 93.3 Å². The van der Waals surface area contributed by atoms with Crippen LogP contribution in [0.3, 0.4) is 0 Å². The molecule has 0 bridgehead atoms. The van der Waals surface area contributed by atoms with E-state index in [0.717, 1.165) is 49.4 Å². The monoisotopic (exact) mass is 1310 g/mol. The van der Waals surface area contributed by atoms with Gasteiger partial charge < -0.3 is 49.2 Å². The molecule has 2 aliphatic heterocycles. The van der Waals surface area contributed by atoms with Crippen LogP contribution in [0.15, 0.2) is 147 Å². The number of carbonyl (C=O) groups is 5. The third kappa shape index (κ3) is 15.8. The Labute approximate surface area is 615 Å². The number of hydrogen-bond donors (Lipinski definition) is 1.